The molecule has 8 bridgehead atoms. The van der Waals surface area contributed by atoms with E-state index in [4.69, 9.17) is 19.9 Å². The maximum absolute atomic E-state index is 5.16. The van der Waals surface area contributed by atoms with Crippen LogP contribution in [-0.4, -0.2) is 29.9 Å². The largest absolute Gasteiger partial charge is 0.353 e. The van der Waals surface area contributed by atoms with Gasteiger partial charge in [0, 0.05) is 16.6 Å². The summed E-state index contributed by atoms with van der Waals surface area (Å²) >= 11 is 0. The van der Waals surface area contributed by atoms with Crippen molar-refractivity contribution in [2.24, 2.45) is 0 Å². The van der Waals surface area contributed by atoms with E-state index in [-0.39, 0.29) is 0 Å². The van der Waals surface area contributed by atoms with Crippen molar-refractivity contribution < 1.29 is 0 Å². The van der Waals surface area contributed by atoms with E-state index >= 15 is 0 Å². The van der Waals surface area contributed by atoms with Gasteiger partial charge in [-0.15, -0.1) is 0 Å². The number of rotatable bonds is 0. The molecule has 0 spiro atoms. The van der Waals surface area contributed by atoms with Crippen LogP contribution in [0.15, 0.2) is 0 Å². The van der Waals surface area contributed by atoms with Gasteiger partial charge in [0.25, 0.3) is 0 Å². The molecular formula is C36H44N6. The Bertz CT molecular complexity index is 1870. The van der Waals surface area contributed by atoms with Gasteiger partial charge in [0.2, 0.25) is 0 Å². The first-order valence-electron chi connectivity index (χ1n) is 14.8. The van der Waals surface area contributed by atoms with Gasteiger partial charge < -0.3 is 9.97 Å². The molecule has 0 amide bonds. The van der Waals surface area contributed by atoms with E-state index in [1.807, 2.05) is 0 Å². The van der Waals surface area contributed by atoms with Crippen molar-refractivity contribution in [3.05, 3.63) is 78.9 Å². The summed E-state index contributed by atoms with van der Waals surface area (Å²) < 4.78 is 0. The fourth-order valence-corrected chi connectivity index (χ4v) is 6.51. The van der Waals surface area contributed by atoms with Gasteiger partial charge in [-0.1, -0.05) is 0 Å². The molecule has 0 saturated carbocycles. The van der Waals surface area contributed by atoms with Crippen molar-refractivity contribution in [1.29, 1.82) is 0 Å². The normalized spacial score (nSPS) is 13.3. The summed E-state index contributed by atoms with van der Waals surface area (Å²) in [6.07, 6.45) is 0. The van der Waals surface area contributed by atoms with E-state index in [1.54, 1.807) is 0 Å². The Labute approximate surface area is 249 Å². The molecule has 0 unspecified atom stereocenters. The Hall–Kier alpha value is -4.06. The number of hydrogen-bond donors (Lipinski definition) is 2. The lowest BCUT2D eigenvalue weighted by atomic mass is 10.0. The summed E-state index contributed by atoms with van der Waals surface area (Å²) in [7, 11) is 0. The number of nitrogens with one attached hydrogen (secondary N) is 2. The number of allylic oxidation sites excluding steroid dienone is 4. The van der Waals surface area contributed by atoms with Gasteiger partial charge in [-0.25, -0.2) is 9.97 Å². The summed E-state index contributed by atoms with van der Waals surface area (Å²) in [4.78, 5) is 28.0. The average molecular weight is 561 g/mol. The zero-order valence-corrected chi connectivity index (χ0v) is 27.8. The van der Waals surface area contributed by atoms with Crippen LogP contribution in [0.4, 0.5) is 0 Å². The van der Waals surface area contributed by atoms with Gasteiger partial charge in [0.1, 0.15) is 0 Å². The molecule has 218 valence electrons. The highest BCUT2D eigenvalue weighted by Gasteiger charge is 2.23. The topological polar surface area (TPSA) is 83.1 Å². The minimum atomic E-state index is 0.911. The highest BCUT2D eigenvalue weighted by atomic mass is 14.9. The summed E-state index contributed by atoms with van der Waals surface area (Å²) in [6.45, 7) is 29.9. The lowest BCUT2D eigenvalue weighted by Gasteiger charge is -2.03. The SMILES string of the molecule is CC1=C(C)c2nc1c(C)nc(C)c1[nH]c(c(C)c1C)c(C)c1[nH]c(c(C)nc(C)c3nc(c2C)C(C)=C3C)c(C)c1C. The molecule has 0 aliphatic carbocycles. The van der Waals surface area contributed by atoms with E-state index in [0.717, 1.165) is 84.3 Å². The van der Waals surface area contributed by atoms with Crippen LogP contribution in [0.2, 0.25) is 0 Å². The molecule has 6 nitrogen and oxygen atoms in total. The predicted octanol–water partition coefficient (Wildman–Crippen LogP) is 9.21. The second-order valence-electron chi connectivity index (χ2n) is 12.2. The van der Waals surface area contributed by atoms with E-state index in [9.17, 15) is 0 Å². The zero-order valence-electron chi connectivity index (χ0n) is 27.8. The molecule has 0 radical (unpaired) electrons. The van der Waals surface area contributed by atoms with Crippen LogP contribution in [0.25, 0.3) is 44.4 Å². The maximum Gasteiger partial charge on any atom is 0.0881 e. The fourth-order valence-electron chi connectivity index (χ4n) is 6.51. The number of aryl methyl sites for hydroxylation is 9. The van der Waals surface area contributed by atoms with Crippen LogP contribution in [0.5, 0.6) is 0 Å². The molecule has 5 rings (SSSR count). The van der Waals surface area contributed by atoms with E-state index in [0.29, 0.717) is 0 Å². The third-order valence-electron chi connectivity index (χ3n) is 9.66. The van der Waals surface area contributed by atoms with Crippen molar-refractivity contribution in [2.75, 3.05) is 0 Å². The van der Waals surface area contributed by atoms with Crippen molar-refractivity contribution >= 4 is 44.4 Å². The van der Waals surface area contributed by atoms with Gasteiger partial charge >= 0.3 is 0 Å². The molecule has 0 aromatic carbocycles. The van der Waals surface area contributed by atoms with Crippen molar-refractivity contribution in [3.8, 4) is 0 Å². The number of aromatic nitrogens is 6. The average Bonchev–Trinajstić information content (AvgIpc) is 3.61. The van der Waals surface area contributed by atoms with Crippen LogP contribution in [0.3, 0.4) is 0 Å². The molecule has 3 aromatic rings. The van der Waals surface area contributed by atoms with Crippen LogP contribution in [0, 0.1) is 69.2 Å². The van der Waals surface area contributed by atoms with E-state index in [1.165, 1.54) is 39.0 Å². The van der Waals surface area contributed by atoms with E-state index in [2.05, 4.69) is 107 Å². The van der Waals surface area contributed by atoms with E-state index < -0.39 is 0 Å². The Balaban J connectivity index is 2.05. The van der Waals surface area contributed by atoms with Gasteiger partial charge in [0.15, 0.2) is 0 Å². The zero-order chi connectivity index (χ0) is 30.9. The first kappa shape index (κ1) is 29.4. The highest BCUT2D eigenvalue weighted by molar-refractivity contribution is 5.95. The summed E-state index contributed by atoms with van der Waals surface area (Å²) in [5.74, 6) is 0. The van der Waals surface area contributed by atoms with Gasteiger partial charge in [0.05, 0.1) is 56.6 Å². The summed E-state index contributed by atoms with van der Waals surface area (Å²) in [5.41, 5.74) is 23.8. The van der Waals surface area contributed by atoms with Crippen molar-refractivity contribution in [2.45, 2.75) is 96.9 Å². The number of aromatic amines is 2. The molecule has 0 fully saturated rings. The molecule has 6 heteroatoms. The monoisotopic (exact) mass is 560 g/mol. The van der Waals surface area contributed by atoms with Gasteiger partial charge in [-0.3, -0.25) is 9.97 Å². The molecule has 0 atom stereocenters. The second kappa shape index (κ2) is 10.3. The number of hydrogen-bond acceptors (Lipinski definition) is 4. The van der Waals surface area contributed by atoms with Crippen LogP contribution in [-0.2, 0) is 0 Å². The minimum Gasteiger partial charge on any atom is -0.353 e. The molecule has 2 N–H and O–H groups in total. The van der Waals surface area contributed by atoms with Crippen molar-refractivity contribution in [3.63, 3.8) is 0 Å². The summed E-state index contributed by atoms with van der Waals surface area (Å²) in [5, 5.41) is 0. The van der Waals surface area contributed by atoms with Crippen LogP contribution < -0.4 is 0 Å². The molecule has 0 saturated heterocycles. The Morgan fingerprint density at radius 3 is 0.952 bits per heavy atom. The molecule has 3 aromatic heterocycles. The lowest BCUT2D eigenvalue weighted by Crippen LogP contribution is -1.93. The van der Waals surface area contributed by atoms with Crippen molar-refractivity contribution in [1.82, 2.24) is 29.9 Å². The molecule has 2 aliphatic heterocycles. The number of H-pyrrole nitrogens is 2. The Kier molecular flexibility index (Phi) is 7.24. The molecule has 42 heavy (non-hydrogen) atoms. The van der Waals surface area contributed by atoms with Gasteiger partial charge in [-0.2, -0.15) is 0 Å². The minimum absolute atomic E-state index is 0.911. The number of nitrogens with zero attached hydrogens (tertiary/aromatic N) is 4. The highest BCUT2D eigenvalue weighted by Crippen LogP contribution is 2.37. The predicted molar refractivity (Wildman–Crippen MR) is 178 cm³/mol. The first-order valence-corrected chi connectivity index (χ1v) is 14.8. The fraction of sp³-hybridized carbons (Fsp3) is 0.389. The van der Waals surface area contributed by atoms with Crippen LogP contribution >= 0.6 is 0 Å². The Morgan fingerprint density at radius 1 is 0.286 bits per heavy atom. The molecule has 5 heterocycles. The Morgan fingerprint density at radius 2 is 0.595 bits per heavy atom. The quantitative estimate of drug-likeness (QED) is 0.287. The first-order chi connectivity index (χ1) is 19.6. The van der Waals surface area contributed by atoms with Crippen LogP contribution in [0.1, 0.15) is 107 Å². The maximum atomic E-state index is 5.16. The smallest absolute Gasteiger partial charge is 0.0881 e. The molecule has 2 aliphatic rings. The third kappa shape index (κ3) is 4.39. The number of fused-ring (bicyclic) bond motifs is 8. The summed E-state index contributed by atoms with van der Waals surface area (Å²) in [6, 6.07) is 0. The second-order valence-corrected chi connectivity index (χ2v) is 12.2. The van der Waals surface area contributed by atoms with Gasteiger partial charge in [-0.05, 0) is 147 Å². The third-order valence-corrected chi connectivity index (χ3v) is 9.66. The lowest BCUT2D eigenvalue weighted by molar-refractivity contribution is 1.09. The molecular weight excluding hydrogens is 516 g/mol. The standard InChI is InChI=1S/C36H44N6/c1-15-19(5)33-25(11)37-26(12)35-21(7)17(3)31(41-35)24(10)32-18(4)22(8)36(42-32)28(14)38-27(13)34-20(6)16(2)30(40-34)23(9)29(15)39-33/h39-40H,1-14H3.